The molecule has 0 unspecified atom stereocenters. The van der Waals surface area contributed by atoms with Gasteiger partial charge in [-0.05, 0) is 24.6 Å². The summed E-state index contributed by atoms with van der Waals surface area (Å²) in [5, 5.41) is 21.1. The maximum Gasteiger partial charge on any atom is 0.314 e. The van der Waals surface area contributed by atoms with Gasteiger partial charge in [0.05, 0.1) is 39.9 Å². The van der Waals surface area contributed by atoms with Crippen LogP contribution < -0.4 is 0 Å². The number of ketones is 1. The van der Waals surface area contributed by atoms with Gasteiger partial charge in [0.1, 0.15) is 17.3 Å². The van der Waals surface area contributed by atoms with E-state index in [-0.39, 0.29) is 23.6 Å². The maximum absolute atomic E-state index is 13.4. The third-order valence-electron chi connectivity index (χ3n) is 6.99. The minimum absolute atomic E-state index is 0.0345. The Kier molecular flexibility index (Phi) is 10.4. The Morgan fingerprint density at radius 1 is 1.14 bits per heavy atom. The number of hydrogen-bond acceptors (Lipinski definition) is 10. The van der Waals surface area contributed by atoms with Crippen molar-refractivity contribution in [1.82, 2.24) is 0 Å². The molecular weight excluding hydrogens is 474 g/mol. The molecule has 0 spiro atoms. The summed E-state index contributed by atoms with van der Waals surface area (Å²) in [5.74, 6) is -6.67. The molecule has 10 nitrogen and oxygen atoms in total. The number of esters is 3. The first kappa shape index (κ1) is 30.5. The molecule has 0 heterocycles. The van der Waals surface area contributed by atoms with Crippen molar-refractivity contribution in [2.75, 3.05) is 27.9 Å². The first-order valence-electron chi connectivity index (χ1n) is 11.3. The Labute approximate surface area is 207 Å². The molecule has 0 aromatic heterocycles. The molecule has 0 amide bonds. The van der Waals surface area contributed by atoms with Crippen molar-refractivity contribution in [3.05, 3.63) is 11.6 Å². The lowest BCUT2D eigenvalue weighted by Crippen LogP contribution is -2.47. The van der Waals surface area contributed by atoms with Crippen molar-refractivity contribution in [2.45, 2.75) is 64.3 Å². The number of methoxy groups -OCH3 is 3. The van der Waals surface area contributed by atoms with E-state index in [1.165, 1.54) is 6.08 Å². The zero-order valence-corrected chi connectivity index (χ0v) is 22.8. The third-order valence-corrected chi connectivity index (χ3v) is 11.5. The highest BCUT2D eigenvalue weighted by Gasteiger charge is 2.57. The molecule has 0 radical (unpaired) electrons. The summed E-state index contributed by atoms with van der Waals surface area (Å²) in [7, 11) is 1.16. The molecule has 1 rings (SSSR count). The lowest BCUT2D eigenvalue weighted by atomic mass is 9.71. The van der Waals surface area contributed by atoms with Gasteiger partial charge in [0.15, 0.2) is 14.1 Å². The van der Waals surface area contributed by atoms with E-state index in [1.54, 1.807) is 0 Å². The van der Waals surface area contributed by atoms with Crippen molar-refractivity contribution in [1.29, 1.82) is 5.26 Å². The molecular formula is C24H37NO9Si. The number of carbonyl (C=O) groups excluding carboxylic acids is 4. The van der Waals surface area contributed by atoms with Gasteiger partial charge in [0.25, 0.3) is 0 Å². The van der Waals surface area contributed by atoms with Gasteiger partial charge in [0, 0.05) is 18.6 Å². The van der Waals surface area contributed by atoms with Crippen molar-refractivity contribution in [3.8, 4) is 6.07 Å². The Bertz CT molecular complexity index is 900. The lowest BCUT2D eigenvalue weighted by molar-refractivity contribution is -0.164. The van der Waals surface area contributed by atoms with Crippen molar-refractivity contribution in [3.63, 3.8) is 0 Å². The fraction of sp³-hybridized carbons (Fsp3) is 0.708. The minimum Gasteiger partial charge on any atom is -0.469 e. The van der Waals surface area contributed by atoms with E-state index in [0.717, 1.165) is 21.3 Å². The monoisotopic (exact) mass is 511 g/mol. The summed E-state index contributed by atoms with van der Waals surface area (Å²) in [6.45, 7) is 10.7. The second-order valence-corrected chi connectivity index (χ2v) is 15.0. The van der Waals surface area contributed by atoms with Crippen LogP contribution in [0.15, 0.2) is 11.6 Å². The van der Waals surface area contributed by atoms with Crippen LogP contribution in [0.3, 0.4) is 0 Å². The lowest BCUT2D eigenvalue weighted by Gasteiger charge is -2.36. The number of rotatable bonds is 8. The normalized spacial score (nSPS) is 26.5. The molecule has 1 fully saturated rings. The van der Waals surface area contributed by atoms with Gasteiger partial charge in [-0.3, -0.25) is 19.2 Å². The van der Waals surface area contributed by atoms with Crippen LogP contribution >= 0.6 is 0 Å². The van der Waals surface area contributed by atoms with Crippen molar-refractivity contribution >= 4 is 32.0 Å². The fourth-order valence-electron chi connectivity index (χ4n) is 3.82. The summed E-state index contributed by atoms with van der Waals surface area (Å²) < 4.78 is 20.4. The molecule has 0 aromatic rings. The van der Waals surface area contributed by atoms with E-state index < -0.39 is 68.2 Å². The first-order valence-corrected chi connectivity index (χ1v) is 14.2. The van der Waals surface area contributed by atoms with Gasteiger partial charge in [0.2, 0.25) is 0 Å². The van der Waals surface area contributed by atoms with Crippen LogP contribution in [-0.2, 0) is 37.8 Å². The van der Waals surface area contributed by atoms with Crippen LogP contribution in [0, 0.1) is 28.6 Å². The van der Waals surface area contributed by atoms with Gasteiger partial charge in [-0.15, -0.1) is 0 Å². The van der Waals surface area contributed by atoms with E-state index in [4.69, 9.17) is 13.9 Å². The number of carbonyl (C=O) groups is 4. The van der Waals surface area contributed by atoms with Crippen LogP contribution in [-0.4, -0.2) is 71.2 Å². The van der Waals surface area contributed by atoms with Crippen LogP contribution in [0.2, 0.25) is 18.1 Å². The zero-order chi connectivity index (χ0) is 27.2. The summed E-state index contributed by atoms with van der Waals surface area (Å²) in [4.78, 5) is 51.0. The van der Waals surface area contributed by atoms with Crippen molar-refractivity contribution < 1.29 is 42.9 Å². The number of aliphatic hydroxyl groups excluding tert-OH is 1. The average Bonchev–Trinajstić information content (AvgIpc) is 2.88. The van der Waals surface area contributed by atoms with E-state index in [9.17, 15) is 29.5 Å². The Morgan fingerprint density at radius 2 is 1.71 bits per heavy atom. The van der Waals surface area contributed by atoms with Gasteiger partial charge in [-0.2, -0.15) is 5.26 Å². The van der Waals surface area contributed by atoms with E-state index in [2.05, 4.69) is 38.6 Å². The summed E-state index contributed by atoms with van der Waals surface area (Å²) in [6, 6.07) is 1.84. The maximum atomic E-state index is 13.4. The standard InChI is InChI=1S/C24H37NO9Si/c1-23(2,3)35(7,8)34-11-9-10-15-16(26)12-24(14-25,13-17(27)31-4)20(28)19(22(30)33-6)18(15)21(29)32-5/h10,18-20,28H,9,11-13H2,1-8H3/b15-10+/t18-,19+,20+,24+/m0/s1. The quantitative estimate of drug-likeness (QED) is 0.128. The topological polar surface area (TPSA) is 149 Å². The number of ether oxygens (including phenoxy) is 3. The van der Waals surface area contributed by atoms with Crippen LogP contribution in [0.4, 0.5) is 0 Å². The molecule has 1 aliphatic carbocycles. The predicted octanol–water partition coefficient (Wildman–Crippen LogP) is 2.31. The van der Waals surface area contributed by atoms with Gasteiger partial charge in [-0.1, -0.05) is 26.8 Å². The second-order valence-electron chi connectivity index (χ2n) is 10.2. The number of Topliss-reactive ketones (excluding diaryl/α,β-unsaturated/α-hetero) is 1. The number of nitriles is 1. The zero-order valence-electron chi connectivity index (χ0n) is 21.8. The second kappa shape index (κ2) is 11.9. The van der Waals surface area contributed by atoms with E-state index in [1.807, 2.05) is 6.07 Å². The predicted molar refractivity (Wildman–Crippen MR) is 127 cm³/mol. The molecule has 1 saturated carbocycles. The molecule has 1 aliphatic rings. The van der Waals surface area contributed by atoms with Gasteiger partial charge < -0.3 is 23.7 Å². The Hall–Kier alpha value is -2.55. The number of hydrogen-bond donors (Lipinski definition) is 1. The number of aliphatic hydroxyl groups is 1. The highest BCUT2D eigenvalue weighted by Crippen LogP contribution is 2.45. The van der Waals surface area contributed by atoms with Crippen molar-refractivity contribution in [2.24, 2.45) is 17.3 Å². The SMILES string of the molecule is COC(=O)C[C@@]1(C#N)CC(=O)/C(=C\CCO[Si](C)(C)C(C)(C)C)[C@H](C(=O)OC)[C@@H](C(=O)OC)[C@H]1O. The molecule has 0 bridgehead atoms. The Morgan fingerprint density at radius 3 is 2.17 bits per heavy atom. The van der Waals surface area contributed by atoms with Crippen LogP contribution in [0.1, 0.15) is 40.0 Å². The third kappa shape index (κ3) is 6.77. The van der Waals surface area contributed by atoms with E-state index in [0.29, 0.717) is 0 Å². The molecule has 35 heavy (non-hydrogen) atoms. The minimum atomic E-state index is -2.08. The molecule has 1 N–H and O–H groups in total. The molecule has 11 heteroatoms. The van der Waals surface area contributed by atoms with Crippen LogP contribution in [0.5, 0.6) is 0 Å². The first-order chi connectivity index (χ1) is 16.1. The van der Waals surface area contributed by atoms with Crippen LogP contribution in [0.25, 0.3) is 0 Å². The average molecular weight is 512 g/mol. The molecule has 0 aromatic carbocycles. The highest BCUT2D eigenvalue weighted by molar-refractivity contribution is 6.74. The molecule has 0 aliphatic heterocycles. The summed E-state index contributed by atoms with van der Waals surface area (Å²) >= 11 is 0. The number of nitrogens with zero attached hydrogens (tertiary/aromatic N) is 1. The smallest absolute Gasteiger partial charge is 0.314 e. The molecule has 0 saturated heterocycles. The summed E-state index contributed by atoms with van der Waals surface area (Å²) in [5.41, 5.74) is -2.10. The Balaban J connectivity index is 3.56. The highest BCUT2D eigenvalue weighted by atomic mass is 28.4. The van der Waals surface area contributed by atoms with Gasteiger partial charge in [-0.25, -0.2) is 0 Å². The van der Waals surface area contributed by atoms with E-state index >= 15 is 0 Å². The van der Waals surface area contributed by atoms with Gasteiger partial charge >= 0.3 is 17.9 Å². The summed E-state index contributed by atoms with van der Waals surface area (Å²) in [6.07, 6.45) is -1.43. The largest absolute Gasteiger partial charge is 0.469 e. The molecule has 4 atom stereocenters. The fourth-order valence-corrected chi connectivity index (χ4v) is 4.88. The molecule has 196 valence electrons.